The van der Waals surface area contributed by atoms with Crippen molar-refractivity contribution in [2.45, 2.75) is 12.8 Å². The molecule has 0 spiro atoms. The van der Waals surface area contributed by atoms with E-state index >= 15 is 0 Å². The van der Waals surface area contributed by atoms with Gasteiger partial charge in [0.05, 0.1) is 0 Å². The monoisotopic (exact) mass is 418 g/mol. The van der Waals surface area contributed by atoms with E-state index in [4.69, 9.17) is 4.42 Å². The molecule has 1 aromatic carbocycles. The summed E-state index contributed by atoms with van der Waals surface area (Å²) in [6.07, 6.45) is 3.43. The van der Waals surface area contributed by atoms with Gasteiger partial charge in [-0.05, 0) is 37.1 Å². The molecule has 0 atom stereocenters. The van der Waals surface area contributed by atoms with E-state index in [-0.39, 0.29) is 11.8 Å². The Kier molecular flexibility index (Phi) is 5.52. The summed E-state index contributed by atoms with van der Waals surface area (Å²) in [7, 11) is 0. The fraction of sp³-hybridized carbons (Fsp3) is 0.391. The first-order valence-corrected chi connectivity index (χ1v) is 10.9. The maximum atomic E-state index is 13.1. The van der Waals surface area contributed by atoms with Crippen molar-refractivity contribution in [3.63, 3.8) is 0 Å². The van der Waals surface area contributed by atoms with Crippen LogP contribution in [-0.2, 0) is 4.79 Å². The summed E-state index contributed by atoms with van der Waals surface area (Å²) in [5.74, 6) is 1.85. The minimum atomic E-state index is 0.0640. The highest BCUT2D eigenvalue weighted by molar-refractivity contribution is 5.79. The zero-order valence-electron chi connectivity index (χ0n) is 17.4. The van der Waals surface area contributed by atoms with Crippen molar-refractivity contribution < 1.29 is 9.21 Å². The number of hydrogen-bond donors (Lipinski definition) is 0. The molecular formula is C23H26N6O2. The Labute approximate surface area is 181 Å². The van der Waals surface area contributed by atoms with E-state index in [0.29, 0.717) is 11.9 Å². The third kappa shape index (κ3) is 4.23. The largest absolute Gasteiger partial charge is 0.403 e. The van der Waals surface area contributed by atoms with Gasteiger partial charge >= 0.3 is 6.01 Å². The van der Waals surface area contributed by atoms with Crippen LogP contribution in [0.2, 0.25) is 0 Å². The minimum Gasteiger partial charge on any atom is -0.403 e. The van der Waals surface area contributed by atoms with Crippen molar-refractivity contribution in [1.82, 2.24) is 20.1 Å². The number of benzene rings is 1. The van der Waals surface area contributed by atoms with Gasteiger partial charge in [-0.15, -0.1) is 5.10 Å². The summed E-state index contributed by atoms with van der Waals surface area (Å²) in [4.78, 5) is 23.8. The fourth-order valence-electron chi connectivity index (χ4n) is 4.31. The number of carbonyl (C=O) groups is 1. The maximum absolute atomic E-state index is 13.1. The molecule has 2 aliphatic heterocycles. The highest BCUT2D eigenvalue weighted by Gasteiger charge is 2.32. The summed E-state index contributed by atoms with van der Waals surface area (Å²) >= 11 is 0. The Morgan fingerprint density at radius 1 is 0.839 bits per heavy atom. The van der Waals surface area contributed by atoms with Gasteiger partial charge in [0.2, 0.25) is 11.8 Å². The second kappa shape index (κ2) is 8.75. The van der Waals surface area contributed by atoms with Gasteiger partial charge in [-0.1, -0.05) is 29.4 Å². The average molecular weight is 419 g/mol. The molecule has 31 heavy (non-hydrogen) atoms. The van der Waals surface area contributed by atoms with Gasteiger partial charge in [0.25, 0.3) is 0 Å². The summed E-state index contributed by atoms with van der Waals surface area (Å²) in [5.41, 5.74) is 0.913. The van der Waals surface area contributed by atoms with E-state index in [2.05, 4.69) is 25.0 Å². The molecule has 2 fully saturated rings. The Bertz CT molecular complexity index is 993. The lowest BCUT2D eigenvalue weighted by Gasteiger charge is -2.38. The molecule has 0 bridgehead atoms. The summed E-state index contributed by atoms with van der Waals surface area (Å²) in [6.45, 7) is 4.65. The number of pyridine rings is 1. The highest BCUT2D eigenvalue weighted by Crippen LogP contribution is 2.27. The van der Waals surface area contributed by atoms with E-state index in [1.807, 2.05) is 59.6 Å². The number of nitrogens with zero attached hydrogens (tertiary/aromatic N) is 6. The topological polar surface area (TPSA) is 78.6 Å². The first-order valence-electron chi connectivity index (χ1n) is 10.9. The second-order valence-corrected chi connectivity index (χ2v) is 8.02. The molecule has 3 aromatic rings. The van der Waals surface area contributed by atoms with Gasteiger partial charge < -0.3 is 19.1 Å². The lowest BCUT2D eigenvalue weighted by atomic mass is 9.95. The van der Waals surface area contributed by atoms with Crippen molar-refractivity contribution >= 4 is 17.7 Å². The number of hydrogen-bond acceptors (Lipinski definition) is 7. The maximum Gasteiger partial charge on any atom is 0.318 e. The van der Waals surface area contributed by atoms with E-state index in [1.54, 1.807) is 0 Å². The standard InChI is InChI=1S/C23H26N6O2/c30-22(28-16-14-27(15-17-28)20-8-4-5-11-24-20)19-9-12-29(13-10-19)23-26-25-21(31-23)18-6-2-1-3-7-18/h1-8,11,19H,9-10,12-17H2. The molecule has 5 rings (SSSR count). The van der Waals surface area contributed by atoms with Gasteiger partial charge in [0.1, 0.15) is 5.82 Å². The van der Waals surface area contributed by atoms with Crippen LogP contribution in [0.4, 0.5) is 11.8 Å². The molecule has 0 N–H and O–H groups in total. The Morgan fingerprint density at radius 3 is 2.29 bits per heavy atom. The number of piperidine rings is 1. The van der Waals surface area contributed by atoms with E-state index in [9.17, 15) is 4.79 Å². The molecule has 0 saturated carbocycles. The van der Waals surface area contributed by atoms with Crippen molar-refractivity contribution in [2.24, 2.45) is 5.92 Å². The normalized spacial score (nSPS) is 17.7. The molecule has 8 nitrogen and oxygen atoms in total. The Hall–Kier alpha value is -3.42. The molecule has 2 aliphatic rings. The van der Waals surface area contributed by atoms with Gasteiger partial charge in [-0.2, -0.15) is 0 Å². The second-order valence-electron chi connectivity index (χ2n) is 8.02. The summed E-state index contributed by atoms with van der Waals surface area (Å²) < 4.78 is 5.87. The van der Waals surface area contributed by atoms with Gasteiger partial charge in [0.15, 0.2) is 0 Å². The molecule has 1 amide bonds. The van der Waals surface area contributed by atoms with Crippen LogP contribution in [0, 0.1) is 5.92 Å². The number of amides is 1. The quantitative estimate of drug-likeness (QED) is 0.645. The first kappa shape index (κ1) is 19.5. The zero-order valence-corrected chi connectivity index (χ0v) is 17.4. The molecule has 0 radical (unpaired) electrons. The molecule has 0 aliphatic carbocycles. The third-order valence-corrected chi connectivity index (χ3v) is 6.11. The molecule has 0 unspecified atom stereocenters. The third-order valence-electron chi connectivity index (χ3n) is 6.11. The van der Waals surface area contributed by atoms with Crippen LogP contribution in [0.1, 0.15) is 12.8 Å². The fourth-order valence-corrected chi connectivity index (χ4v) is 4.31. The van der Waals surface area contributed by atoms with Crippen molar-refractivity contribution in [3.05, 3.63) is 54.7 Å². The van der Waals surface area contributed by atoms with Gasteiger partial charge in [-0.25, -0.2) is 4.98 Å². The minimum absolute atomic E-state index is 0.0640. The smallest absolute Gasteiger partial charge is 0.318 e. The van der Waals surface area contributed by atoms with Crippen LogP contribution < -0.4 is 9.80 Å². The van der Waals surface area contributed by atoms with Crippen LogP contribution in [0.15, 0.2) is 59.1 Å². The van der Waals surface area contributed by atoms with Crippen molar-refractivity contribution in [2.75, 3.05) is 49.1 Å². The molecule has 2 aromatic heterocycles. The van der Waals surface area contributed by atoms with E-state index in [1.165, 1.54) is 0 Å². The highest BCUT2D eigenvalue weighted by atomic mass is 16.4. The van der Waals surface area contributed by atoms with Crippen LogP contribution in [0.3, 0.4) is 0 Å². The first-order chi connectivity index (χ1) is 15.3. The van der Waals surface area contributed by atoms with Crippen molar-refractivity contribution in [1.29, 1.82) is 0 Å². The summed E-state index contributed by atoms with van der Waals surface area (Å²) in [6, 6.07) is 16.2. The number of aromatic nitrogens is 3. The molecule has 2 saturated heterocycles. The van der Waals surface area contributed by atoms with Crippen LogP contribution in [0.25, 0.3) is 11.5 Å². The van der Waals surface area contributed by atoms with E-state index in [0.717, 1.165) is 63.5 Å². The number of carbonyl (C=O) groups excluding carboxylic acids is 1. The SMILES string of the molecule is O=C(C1CCN(c2nnc(-c3ccccc3)o2)CC1)N1CCN(c2ccccn2)CC1. The number of rotatable bonds is 4. The van der Waals surface area contributed by atoms with Crippen molar-refractivity contribution in [3.8, 4) is 11.5 Å². The van der Waals surface area contributed by atoms with Gasteiger partial charge in [-0.3, -0.25) is 4.79 Å². The Morgan fingerprint density at radius 2 is 1.58 bits per heavy atom. The van der Waals surface area contributed by atoms with Crippen LogP contribution in [-0.4, -0.2) is 65.3 Å². The average Bonchev–Trinajstić information content (AvgIpc) is 3.35. The molecule has 8 heteroatoms. The predicted molar refractivity (Wildman–Crippen MR) is 118 cm³/mol. The number of anilines is 2. The lowest BCUT2D eigenvalue weighted by Crippen LogP contribution is -2.52. The Balaban J connectivity index is 1.13. The van der Waals surface area contributed by atoms with Gasteiger partial charge in [0, 0.05) is 56.9 Å². The van der Waals surface area contributed by atoms with Crippen LogP contribution >= 0.6 is 0 Å². The molecule has 4 heterocycles. The predicted octanol–water partition coefficient (Wildman–Crippen LogP) is 2.70. The molecular weight excluding hydrogens is 392 g/mol. The lowest BCUT2D eigenvalue weighted by molar-refractivity contribution is -0.136. The number of piperazine rings is 1. The van der Waals surface area contributed by atoms with E-state index < -0.39 is 0 Å². The van der Waals surface area contributed by atoms with Crippen LogP contribution in [0.5, 0.6) is 0 Å². The zero-order chi connectivity index (χ0) is 21.0. The summed E-state index contributed by atoms with van der Waals surface area (Å²) in [5, 5.41) is 8.39. The molecule has 160 valence electrons.